The number of nitrogens with zero attached hydrogens (tertiary/aromatic N) is 2. The highest BCUT2D eigenvalue weighted by Crippen LogP contribution is 2.39. The van der Waals surface area contributed by atoms with Crippen molar-refractivity contribution in [3.05, 3.63) is 46.7 Å². The van der Waals surface area contributed by atoms with Crippen molar-refractivity contribution in [2.24, 2.45) is 0 Å². The van der Waals surface area contributed by atoms with Crippen molar-refractivity contribution in [2.45, 2.75) is 38.1 Å². The van der Waals surface area contributed by atoms with Crippen molar-refractivity contribution >= 4 is 54.5 Å². The van der Waals surface area contributed by atoms with Crippen LogP contribution in [0, 0.1) is 5.82 Å². The van der Waals surface area contributed by atoms with Crippen molar-refractivity contribution in [1.82, 2.24) is 15.3 Å². The lowest BCUT2D eigenvalue weighted by Gasteiger charge is -2.20. The molecule has 0 bridgehead atoms. The van der Waals surface area contributed by atoms with Crippen LogP contribution in [0.25, 0.3) is 20.4 Å². The molecule has 0 aliphatic carbocycles. The summed E-state index contributed by atoms with van der Waals surface area (Å²) in [6, 6.07) is 7.93. The molecule has 4 heterocycles. The van der Waals surface area contributed by atoms with Crippen LogP contribution in [0.4, 0.5) is 15.8 Å². The number of halogens is 1. The van der Waals surface area contributed by atoms with Gasteiger partial charge in [0.25, 0.3) is 0 Å². The SMILES string of the molecule is C[C@H]1NCCCC[C@@H]1c1cc2c(Nc3cc4ncsc4cc3F)ccnc2s1. The zero-order chi connectivity index (χ0) is 19.1. The molecule has 0 amide bonds. The number of pyridine rings is 1. The van der Waals surface area contributed by atoms with E-state index in [0.717, 1.165) is 32.7 Å². The van der Waals surface area contributed by atoms with Crippen LogP contribution in [0.1, 0.15) is 37.0 Å². The average Bonchev–Trinajstić information content (AvgIpc) is 3.26. The maximum absolute atomic E-state index is 14.6. The second-order valence-electron chi connectivity index (χ2n) is 7.35. The highest BCUT2D eigenvalue weighted by atomic mass is 32.1. The van der Waals surface area contributed by atoms with Gasteiger partial charge in [0.1, 0.15) is 10.6 Å². The van der Waals surface area contributed by atoms with Gasteiger partial charge in [-0.3, -0.25) is 0 Å². The molecule has 4 aromatic rings. The zero-order valence-electron chi connectivity index (χ0n) is 15.5. The van der Waals surface area contributed by atoms with Crippen molar-refractivity contribution in [2.75, 3.05) is 11.9 Å². The number of hydrogen-bond donors (Lipinski definition) is 2. The third kappa shape index (κ3) is 3.27. The number of hydrogen-bond acceptors (Lipinski definition) is 6. The highest BCUT2D eigenvalue weighted by Gasteiger charge is 2.24. The molecule has 144 valence electrons. The lowest BCUT2D eigenvalue weighted by atomic mass is 9.94. The summed E-state index contributed by atoms with van der Waals surface area (Å²) < 4.78 is 15.4. The molecule has 0 unspecified atom stereocenters. The van der Waals surface area contributed by atoms with E-state index in [2.05, 4.69) is 33.6 Å². The molecule has 4 nitrogen and oxygen atoms in total. The molecule has 2 atom stereocenters. The van der Waals surface area contributed by atoms with Crippen molar-refractivity contribution < 1.29 is 4.39 Å². The van der Waals surface area contributed by atoms with E-state index in [0.29, 0.717) is 17.6 Å². The standard InChI is InChI=1S/C21H21FN4S2/c1-12-13(4-2-3-6-23-12)19-8-14-16(5-7-24-21(14)28-19)26-17-10-18-20(9-15(17)22)27-11-25-18/h5,7-13,23H,2-4,6H2,1H3,(H,24,26)/t12-,13+/m1/s1. The van der Waals surface area contributed by atoms with Crippen molar-refractivity contribution in [3.63, 3.8) is 0 Å². The Labute approximate surface area is 170 Å². The number of aromatic nitrogens is 2. The summed E-state index contributed by atoms with van der Waals surface area (Å²) in [4.78, 5) is 11.2. The third-order valence-corrected chi connectivity index (χ3v) is 7.49. The zero-order valence-corrected chi connectivity index (χ0v) is 17.2. The fraction of sp³-hybridized carbons (Fsp3) is 0.333. The molecule has 2 N–H and O–H groups in total. The van der Waals surface area contributed by atoms with E-state index in [1.165, 1.54) is 35.5 Å². The van der Waals surface area contributed by atoms with E-state index < -0.39 is 0 Å². The van der Waals surface area contributed by atoms with Gasteiger partial charge in [0.05, 0.1) is 27.1 Å². The number of benzene rings is 1. The van der Waals surface area contributed by atoms with Crippen LogP contribution in [0.15, 0.2) is 36.0 Å². The largest absolute Gasteiger partial charge is 0.352 e. The molecule has 1 aliphatic rings. The first-order chi connectivity index (χ1) is 13.7. The first-order valence-corrected chi connectivity index (χ1v) is 11.3. The molecule has 0 spiro atoms. The topological polar surface area (TPSA) is 49.8 Å². The van der Waals surface area contributed by atoms with Gasteiger partial charge in [-0.2, -0.15) is 0 Å². The number of fused-ring (bicyclic) bond motifs is 2. The molecule has 0 radical (unpaired) electrons. The van der Waals surface area contributed by atoms with Gasteiger partial charge in [0.2, 0.25) is 0 Å². The molecule has 5 rings (SSSR count). The summed E-state index contributed by atoms with van der Waals surface area (Å²) in [5, 5.41) is 7.96. The van der Waals surface area contributed by atoms with E-state index in [4.69, 9.17) is 0 Å². The fourth-order valence-electron chi connectivity index (χ4n) is 3.97. The number of rotatable bonds is 3. The van der Waals surface area contributed by atoms with Crippen LogP contribution < -0.4 is 10.6 Å². The summed E-state index contributed by atoms with van der Waals surface area (Å²) in [5.74, 6) is 0.233. The van der Waals surface area contributed by atoms with Gasteiger partial charge in [-0.05, 0) is 50.6 Å². The molecule has 7 heteroatoms. The molecule has 28 heavy (non-hydrogen) atoms. The molecular weight excluding hydrogens is 391 g/mol. The predicted octanol–water partition coefficient (Wildman–Crippen LogP) is 6.03. The van der Waals surface area contributed by atoms with Gasteiger partial charge < -0.3 is 10.6 Å². The summed E-state index contributed by atoms with van der Waals surface area (Å²) in [7, 11) is 0. The van der Waals surface area contributed by atoms with Gasteiger partial charge in [-0.25, -0.2) is 14.4 Å². The minimum Gasteiger partial charge on any atom is -0.352 e. The van der Waals surface area contributed by atoms with Crippen LogP contribution in [0.5, 0.6) is 0 Å². The van der Waals surface area contributed by atoms with Crippen LogP contribution in [0.2, 0.25) is 0 Å². The van der Waals surface area contributed by atoms with Crippen molar-refractivity contribution in [1.29, 1.82) is 0 Å². The Hall–Kier alpha value is -2.09. The first kappa shape index (κ1) is 18.0. The van der Waals surface area contributed by atoms with Crippen LogP contribution in [-0.4, -0.2) is 22.6 Å². The quantitative estimate of drug-likeness (QED) is 0.431. The number of nitrogens with one attached hydrogen (secondary N) is 2. The second kappa shape index (κ2) is 7.39. The van der Waals surface area contributed by atoms with E-state index in [9.17, 15) is 4.39 Å². The summed E-state index contributed by atoms with van der Waals surface area (Å²) >= 11 is 3.20. The first-order valence-electron chi connectivity index (χ1n) is 9.60. The normalized spacial score (nSPS) is 20.5. The van der Waals surface area contributed by atoms with Gasteiger partial charge in [-0.1, -0.05) is 6.42 Å². The van der Waals surface area contributed by atoms with E-state index in [1.54, 1.807) is 35.2 Å². The Bertz CT molecular complexity index is 1140. The van der Waals surface area contributed by atoms with Gasteiger partial charge in [-0.15, -0.1) is 22.7 Å². The maximum Gasteiger partial charge on any atom is 0.148 e. The van der Waals surface area contributed by atoms with E-state index in [1.807, 2.05) is 6.07 Å². The number of thiazole rings is 1. The van der Waals surface area contributed by atoms with Crippen LogP contribution >= 0.6 is 22.7 Å². The Morgan fingerprint density at radius 3 is 3.04 bits per heavy atom. The summed E-state index contributed by atoms with van der Waals surface area (Å²) in [5.41, 5.74) is 3.88. The molecule has 3 aromatic heterocycles. The average molecular weight is 413 g/mol. The smallest absolute Gasteiger partial charge is 0.148 e. The lowest BCUT2D eigenvalue weighted by Crippen LogP contribution is -2.30. The Kier molecular flexibility index (Phi) is 4.74. The lowest BCUT2D eigenvalue weighted by molar-refractivity contribution is 0.488. The highest BCUT2D eigenvalue weighted by molar-refractivity contribution is 7.18. The van der Waals surface area contributed by atoms with Crippen LogP contribution in [-0.2, 0) is 0 Å². The fourth-order valence-corrected chi connectivity index (χ4v) is 5.92. The molecule has 1 saturated heterocycles. The Morgan fingerprint density at radius 1 is 1.18 bits per heavy atom. The molecule has 1 aliphatic heterocycles. The van der Waals surface area contributed by atoms with Crippen LogP contribution in [0.3, 0.4) is 0 Å². The summed E-state index contributed by atoms with van der Waals surface area (Å²) in [6.45, 7) is 3.36. The summed E-state index contributed by atoms with van der Waals surface area (Å²) in [6.07, 6.45) is 5.46. The van der Waals surface area contributed by atoms with E-state index >= 15 is 0 Å². The van der Waals surface area contributed by atoms with E-state index in [-0.39, 0.29) is 5.82 Å². The minimum absolute atomic E-state index is 0.265. The van der Waals surface area contributed by atoms with Gasteiger partial charge >= 0.3 is 0 Å². The molecule has 1 aromatic carbocycles. The predicted molar refractivity (Wildman–Crippen MR) is 117 cm³/mol. The molecular formula is C21H21FN4S2. The Balaban J connectivity index is 1.52. The van der Waals surface area contributed by atoms with Crippen molar-refractivity contribution in [3.8, 4) is 0 Å². The second-order valence-corrected chi connectivity index (χ2v) is 9.30. The van der Waals surface area contributed by atoms with Gasteiger partial charge in [0.15, 0.2) is 0 Å². The Morgan fingerprint density at radius 2 is 2.11 bits per heavy atom. The monoisotopic (exact) mass is 412 g/mol. The minimum atomic E-state index is -0.265. The third-order valence-electron chi connectivity index (χ3n) is 5.52. The molecule has 0 saturated carbocycles. The van der Waals surface area contributed by atoms with Gasteiger partial charge in [0, 0.05) is 28.4 Å². The number of thiophene rings is 1. The molecule has 1 fully saturated rings. The maximum atomic E-state index is 14.6. The number of anilines is 2.